The van der Waals surface area contributed by atoms with E-state index in [1.165, 1.54) is 30.3 Å². The fourth-order valence-corrected chi connectivity index (χ4v) is 3.99. The molecule has 0 bridgehead atoms. The molecule has 2 aromatic carbocycles. The van der Waals surface area contributed by atoms with E-state index in [0.29, 0.717) is 3.57 Å². The first kappa shape index (κ1) is 29.3. The number of aliphatic hydroxyl groups excluding tert-OH is 1. The number of aromatic amines is 1. The number of aliphatic hydroxyl groups is 1. The van der Waals surface area contributed by atoms with E-state index in [4.69, 9.17) is 9.84 Å². The molecule has 3 aromatic rings. The average molecular weight is 663 g/mol. The number of aromatic hydroxyl groups is 1. The molecule has 8 nitrogen and oxygen atoms in total. The highest BCUT2D eigenvalue weighted by atomic mass is 127. The fraction of sp³-hybridized carbons (Fsp3) is 0.273. The van der Waals surface area contributed by atoms with Gasteiger partial charge in [-0.3, -0.25) is 4.79 Å². The molecule has 0 spiro atoms. The van der Waals surface area contributed by atoms with Gasteiger partial charge in [-0.1, -0.05) is 0 Å². The molecule has 4 N–H and O–H groups in total. The number of ether oxygens (including phenoxy) is 1. The SMILES string of the molecule is O=C(Nc1ccc(I)cc1F)[C@H](C(C(F)(F)F)C(F)(F)F)n1c(O)c(-c2ccc(OCCO)cc2)[nH]c1=O. The van der Waals surface area contributed by atoms with Crippen LogP contribution in [-0.4, -0.2) is 51.2 Å². The minimum Gasteiger partial charge on any atom is -0.493 e. The summed E-state index contributed by atoms with van der Waals surface area (Å²) in [6.45, 7) is -0.389. The van der Waals surface area contributed by atoms with E-state index in [1.807, 2.05) is 4.98 Å². The summed E-state index contributed by atoms with van der Waals surface area (Å²) in [7, 11) is 0. The molecule has 0 aliphatic heterocycles. The second-order valence-corrected chi connectivity index (χ2v) is 8.96. The van der Waals surface area contributed by atoms with E-state index < -0.39 is 59.0 Å². The third-order valence-electron chi connectivity index (χ3n) is 5.16. The van der Waals surface area contributed by atoms with Gasteiger partial charge in [-0.2, -0.15) is 26.3 Å². The first-order chi connectivity index (χ1) is 17.6. The Morgan fingerprint density at radius 1 is 1.08 bits per heavy atom. The second kappa shape index (κ2) is 11.2. The largest absolute Gasteiger partial charge is 0.493 e. The van der Waals surface area contributed by atoms with Crippen molar-refractivity contribution >= 4 is 34.2 Å². The Morgan fingerprint density at radius 3 is 2.21 bits per heavy atom. The minimum atomic E-state index is -6.11. The molecule has 1 atom stereocenters. The summed E-state index contributed by atoms with van der Waals surface area (Å²) >= 11 is 1.68. The zero-order chi connectivity index (χ0) is 28.4. The van der Waals surface area contributed by atoms with Crippen LogP contribution >= 0.6 is 22.6 Å². The van der Waals surface area contributed by atoms with Crippen LogP contribution in [0.15, 0.2) is 47.3 Å². The minimum absolute atomic E-state index is 0.0619. The quantitative estimate of drug-likeness (QED) is 0.208. The Labute approximate surface area is 222 Å². The summed E-state index contributed by atoms with van der Waals surface area (Å²) in [5.74, 6) is -8.85. The van der Waals surface area contributed by atoms with Crippen molar-refractivity contribution in [3.63, 3.8) is 0 Å². The summed E-state index contributed by atoms with van der Waals surface area (Å²) in [4.78, 5) is 27.4. The van der Waals surface area contributed by atoms with Crippen molar-refractivity contribution in [1.82, 2.24) is 9.55 Å². The lowest BCUT2D eigenvalue weighted by atomic mass is 9.96. The van der Waals surface area contributed by atoms with Crippen LogP contribution in [0.4, 0.5) is 36.4 Å². The number of nitrogens with zero attached hydrogens (tertiary/aromatic N) is 1. The predicted molar refractivity (Wildman–Crippen MR) is 127 cm³/mol. The lowest BCUT2D eigenvalue weighted by molar-refractivity contribution is -0.293. The zero-order valence-corrected chi connectivity index (χ0v) is 20.9. The van der Waals surface area contributed by atoms with E-state index in [0.717, 1.165) is 12.1 Å². The highest BCUT2D eigenvalue weighted by Crippen LogP contribution is 2.47. The van der Waals surface area contributed by atoms with E-state index in [9.17, 15) is 45.4 Å². The Morgan fingerprint density at radius 2 is 1.68 bits per heavy atom. The fourth-order valence-electron chi connectivity index (χ4n) is 3.54. The molecular formula is C22H17F7IN3O5. The van der Waals surface area contributed by atoms with Crippen LogP contribution in [0, 0.1) is 15.3 Å². The first-order valence-corrected chi connectivity index (χ1v) is 11.5. The lowest BCUT2D eigenvalue weighted by Gasteiger charge is -2.30. The maximum absolute atomic E-state index is 14.2. The molecule has 1 aromatic heterocycles. The van der Waals surface area contributed by atoms with Crippen molar-refractivity contribution in [3.05, 3.63) is 62.3 Å². The number of carbonyl (C=O) groups is 1. The maximum Gasteiger partial charge on any atom is 0.403 e. The Bertz CT molecular complexity index is 1340. The number of imidazole rings is 1. The van der Waals surface area contributed by atoms with Crippen molar-refractivity contribution in [3.8, 4) is 22.9 Å². The number of anilines is 1. The summed E-state index contributed by atoms with van der Waals surface area (Å²) in [5, 5.41) is 21.1. The van der Waals surface area contributed by atoms with Gasteiger partial charge in [-0.25, -0.2) is 13.8 Å². The van der Waals surface area contributed by atoms with E-state index in [2.05, 4.69) is 0 Å². The molecule has 38 heavy (non-hydrogen) atoms. The number of halogens is 8. The van der Waals surface area contributed by atoms with Crippen LogP contribution in [0.3, 0.4) is 0 Å². The Balaban J connectivity index is 2.15. The number of benzene rings is 2. The van der Waals surface area contributed by atoms with Crippen LogP contribution < -0.4 is 15.7 Å². The third kappa shape index (κ3) is 6.40. The molecule has 0 aliphatic carbocycles. The molecular weight excluding hydrogens is 646 g/mol. The predicted octanol–water partition coefficient (Wildman–Crippen LogP) is 4.58. The van der Waals surface area contributed by atoms with Gasteiger partial charge < -0.3 is 25.3 Å². The number of alkyl halides is 6. The smallest absolute Gasteiger partial charge is 0.403 e. The summed E-state index contributed by atoms with van der Waals surface area (Å²) in [6.07, 6.45) is -12.2. The second-order valence-electron chi connectivity index (χ2n) is 7.71. The van der Waals surface area contributed by atoms with Gasteiger partial charge in [0, 0.05) is 9.13 Å². The summed E-state index contributed by atoms with van der Waals surface area (Å²) in [5.41, 5.74) is -3.07. The van der Waals surface area contributed by atoms with Gasteiger partial charge in [0.25, 0.3) is 0 Å². The van der Waals surface area contributed by atoms with Crippen molar-refractivity contribution in [1.29, 1.82) is 0 Å². The Kier molecular flexibility index (Phi) is 8.65. The monoisotopic (exact) mass is 663 g/mol. The number of amides is 1. The van der Waals surface area contributed by atoms with Crippen molar-refractivity contribution in [2.24, 2.45) is 5.92 Å². The molecule has 0 fully saturated rings. The number of carbonyl (C=O) groups excluding carboxylic acids is 1. The molecule has 3 rings (SSSR count). The topological polar surface area (TPSA) is 117 Å². The number of aromatic nitrogens is 2. The normalized spacial score (nSPS) is 13.0. The molecule has 0 radical (unpaired) electrons. The van der Waals surface area contributed by atoms with Crippen LogP contribution in [0.2, 0.25) is 0 Å². The molecule has 16 heteroatoms. The summed E-state index contributed by atoms with van der Waals surface area (Å²) < 4.78 is 102. The molecule has 206 valence electrons. The molecule has 1 amide bonds. The van der Waals surface area contributed by atoms with Gasteiger partial charge in [0.2, 0.25) is 11.8 Å². The molecule has 0 saturated carbocycles. The number of hydrogen-bond acceptors (Lipinski definition) is 5. The zero-order valence-electron chi connectivity index (χ0n) is 18.7. The summed E-state index contributed by atoms with van der Waals surface area (Å²) in [6, 6.07) is 4.59. The van der Waals surface area contributed by atoms with Gasteiger partial charge >= 0.3 is 18.0 Å². The van der Waals surface area contributed by atoms with E-state index in [-0.39, 0.29) is 29.1 Å². The molecule has 0 unspecified atom stereocenters. The maximum atomic E-state index is 14.2. The van der Waals surface area contributed by atoms with Gasteiger partial charge in [-0.15, -0.1) is 0 Å². The molecule has 0 aliphatic rings. The van der Waals surface area contributed by atoms with Crippen LogP contribution in [0.25, 0.3) is 11.3 Å². The van der Waals surface area contributed by atoms with Crippen molar-refractivity contribution in [2.45, 2.75) is 18.4 Å². The van der Waals surface area contributed by atoms with Gasteiger partial charge in [0.15, 0.2) is 5.92 Å². The standard InChI is InChI=1S/C22H17F7IN3O5/c23-13-9-11(30)3-6-14(13)31-18(35)16(17(21(24,25)26)22(27,28)29)33-19(36)15(32-20(33)37)10-1-4-12(5-2-10)38-8-7-34/h1-6,9,16-17,34,36H,7-8H2,(H,31,35)(H,32,37)/t16-/m0/s1. The first-order valence-electron chi connectivity index (χ1n) is 10.4. The number of hydrogen-bond donors (Lipinski definition) is 4. The van der Waals surface area contributed by atoms with Crippen LogP contribution in [0.5, 0.6) is 11.6 Å². The van der Waals surface area contributed by atoms with Crippen LogP contribution in [0.1, 0.15) is 6.04 Å². The molecule has 1 heterocycles. The number of H-pyrrole nitrogens is 1. The van der Waals surface area contributed by atoms with Gasteiger partial charge in [0.1, 0.15) is 29.9 Å². The van der Waals surface area contributed by atoms with E-state index >= 15 is 0 Å². The van der Waals surface area contributed by atoms with Gasteiger partial charge in [-0.05, 0) is 65.1 Å². The number of nitrogens with one attached hydrogen (secondary N) is 2. The lowest BCUT2D eigenvalue weighted by Crippen LogP contribution is -2.49. The highest BCUT2D eigenvalue weighted by Gasteiger charge is 2.63. The van der Waals surface area contributed by atoms with Gasteiger partial charge in [0.05, 0.1) is 12.3 Å². The molecule has 0 saturated heterocycles. The van der Waals surface area contributed by atoms with Crippen LogP contribution in [-0.2, 0) is 4.79 Å². The van der Waals surface area contributed by atoms with Crippen molar-refractivity contribution < 1.29 is 50.5 Å². The highest BCUT2D eigenvalue weighted by molar-refractivity contribution is 14.1. The van der Waals surface area contributed by atoms with E-state index in [1.54, 1.807) is 27.9 Å². The third-order valence-corrected chi connectivity index (χ3v) is 5.83. The number of rotatable bonds is 8. The Hall–Kier alpha value is -3.28. The van der Waals surface area contributed by atoms with Crippen molar-refractivity contribution in [2.75, 3.05) is 18.5 Å². The average Bonchev–Trinajstić information content (AvgIpc) is 3.10.